The topological polar surface area (TPSA) is 25.8 Å². The van der Waals surface area contributed by atoms with Crippen molar-refractivity contribution in [3.8, 4) is 33.6 Å². The molecule has 6 aromatic rings. The SMILES string of the molecule is Cc1cnc(-c2[c-]cccc2)cc1-c1ccccc1.Cc1cnc(-c2[c-]cccc2)cc1Cc1ccccc1.[Ir]. The number of benzene rings is 4. The molecule has 0 aliphatic heterocycles. The third kappa shape index (κ3) is 7.48. The number of rotatable bonds is 5. The van der Waals surface area contributed by atoms with Crippen LogP contribution in [0.3, 0.4) is 0 Å². The zero-order chi connectivity index (χ0) is 26.9. The first-order chi connectivity index (χ1) is 19.2. The average Bonchev–Trinajstić information content (AvgIpc) is 3.01. The Balaban J connectivity index is 0.000000181. The van der Waals surface area contributed by atoms with E-state index in [-0.39, 0.29) is 20.1 Å². The molecule has 0 saturated heterocycles. The Labute approximate surface area is 251 Å². The number of aromatic nitrogens is 2. The summed E-state index contributed by atoms with van der Waals surface area (Å²) in [4.78, 5) is 9.02. The standard InChI is InChI=1S/C19H16N.C18H14N.Ir/c1-15-14-20-19(17-10-6-3-7-11-17)13-18(15)12-16-8-4-2-5-9-16;1-14-13-19-18(16-10-6-3-7-11-16)12-17(14)15-8-4-2-5-9-15;/h2-10,13-14H,12H2,1H3;2-10,12-13H,1H3;/q2*-1;. The molecule has 0 atom stereocenters. The molecule has 0 fully saturated rings. The van der Waals surface area contributed by atoms with Crippen LogP contribution in [-0.4, -0.2) is 9.97 Å². The van der Waals surface area contributed by atoms with Gasteiger partial charge in [0.15, 0.2) is 0 Å². The van der Waals surface area contributed by atoms with Gasteiger partial charge in [0.05, 0.1) is 0 Å². The van der Waals surface area contributed by atoms with Gasteiger partial charge in [-0.1, -0.05) is 72.8 Å². The van der Waals surface area contributed by atoms with Crippen LogP contribution in [0.5, 0.6) is 0 Å². The maximum absolute atomic E-state index is 4.52. The fraction of sp³-hybridized carbons (Fsp3) is 0.0811. The van der Waals surface area contributed by atoms with Crippen LogP contribution in [0, 0.1) is 26.0 Å². The Morgan fingerprint density at radius 1 is 0.575 bits per heavy atom. The molecule has 0 aliphatic rings. The van der Waals surface area contributed by atoms with E-state index in [9.17, 15) is 0 Å². The van der Waals surface area contributed by atoms with Crippen LogP contribution in [0.4, 0.5) is 0 Å². The zero-order valence-corrected chi connectivity index (χ0v) is 25.0. The van der Waals surface area contributed by atoms with E-state index in [1.807, 2.05) is 73.1 Å². The Morgan fingerprint density at radius 2 is 1.10 bits per heavy atom. The Morgan fingerprint density at radius 3 is 1.68 bits per heavy atom. The molecule has 40 heavy (non-hydrogen) atoms. The molecule has 1 radical (unpaired) electrons. The zero-order valence-electron chi connectivity index (χ0n) is 22.6. The van der Waals surface area contributed by atoms with Gasteiger partial charge in [-0.15, -0.1) is 71.8 Å². The predicted octanol–water partition coefficient (Wildman–Crippen LogP) is 8.97. The fourth-order valence-corrected chi connectivity index (χ4v) is 4.42. The fourth-order valence-electron chi connectivity index (χ4n) is 4.42. The summed E-state index contributed by atoms with van der Waals surface area (Å²) in [5.74, 6) is 0. The molecule has 3 heteroatoms. The first-order valence-electron chi connectivity index (χ1n) is 13.1. The molecular weight excluding hydrogens is 665 g/mol. The van der Waals surface area contributed by atoms with Crippen molar-refractivity contribution in [3.63, 3.8) is 0 Å². The summed E-state index contributed by atoms with van der Waals surface area (Å²) in [6.07, 6.45) is 4.82. The maximum Gasteiger partial charge on any atom is 0.0196 e. The first-order valence-corrected chi connectivity index (χ1v) is 13.1. The van der Waals surface area contributed by atoms with Crippen molar-refractivity contribution in [1.29, 1.82) is 0 Å². The maximum atomic E-state index is 4.52. The second-order valence-electron chi connectivity index (χ2n) is 9.46. The third-order valence-corrected chi connectivity index (χ3v) is 6.61. The summed E-state index contributed by atoms with van der Waals surface area (Å²) in [7, 11) is 0. The van der Waals surface area contributed by atoms with Crippen LogP contribution in [0.25, 0.3) is 33.6 Å². The van der Waals surface area contributed by atoms with Gasteiger partial charge >= 0.3 is 0 Å². The van der Waals surface area contributed by atoms with E-state index in [0.717, 1.165) is 28.9 Å². The first kappa shape index (κ1) is 28.8. The van der Waals surface area contributed by atoms with E-state index < -0.39 is 0 Å². The number of nitrogens with zero attached hydrogens (tertiary/aromatic N) is 2. The van der Waals surface area contributed by atoms with Gasteiger partial charge in [0.1, 0.15) is 0 Å². The van der Waals surface area contributed by atoms with Crippen molar-refractivity contribution in [2.45, 2.75) is 20.3 Å². The second kappa shape index (κ2) is 14.3. The van der Waals surface area contributed by atoms with Gasteiger partial charge in [-0.3, -0.25) is 0 Å². The van der Waals surface area contributed by atoms with Crippen molar-refractivity contribution in [3.05, 3.63) is 168 Å². The molecule has 0 amide bonds. The van der Waals surface area contributed by atoms with E-state index in [4.69, 9.17) is 0 Å². The molecule has 6 rings (SSSR count). The summed E-state index contributed by atoms with van der Waals surface area (Å²) in [6, 6.07) is 47.6. The normalized spacial score (nSPS) is 10.2. The van der Waals surface area contributed by atoms with Crippen molar-refractivity contribution in [1.82, 2.24) is 9.97 Å². The van der Waals surface area contributed by atoms with E-state index in [1.165, 1.54) is 33.4 Å². The van der Waals surface area contributed by atoms with E-state index in [0.29, 0.717) is 0 Å². The van der Waals surface area contributed by atoms with Crippen molar-refractivity contribution in [2.24, 2.45) is 0 Å². The van der Waals surface area contributed by atoms with Crippen LogP contribution in [0.15, 0.2) is 134 Å². The largest absolute Gasteiger partial charge is 0.304 e. The molecule has 0 spiro atoms. The van der Waals surface area contributed by atoms with Crippen LogP contribution < -0.4 is 0 Å². The number of aryl methyl sites for hydroxylation is 2. The summed E-state index contributed by atoms with van der Waals surface area (Å²) >= 11 is 0. The van der Waals surface area contributed by atoms with Crippen LogP contribution in [0.1, 0.15) is 22.3 Å². The molecule has 199 valence electrons. The minimum absolute atomic E-state index is 0. The molecule has 0 N–H and O–H groups in total. The van der Waals surface area contributed by atoms with Gasteiger partial charge in [-0.25, -0.2) is 0 Å². The predicted molar refractivity (Wildman–Crippen MR) is 161 cm³/mol. The van der Waals surface area contributed by atoms with Gasteiger partial charge in [0.2, 0.25) is 0 Å². The second-order valence-corrected chi connectivity index (χ2v) is 9.46. The van der Waals surface area contributed by atoms with Crippen LogP contribution in [-0.2, 0) is 26.5 Å². The average molecular weight is 695 g/mol. The Hall–Kier alpha value is -4.17. The van der Waals surface area contributed by atoms with E-state index in [2.05, 4.69) is 96.6 Å². The van der Waals surface area contributed by atoms with Gasteiger partial charge in [-0.2, -0.15) is 0 Å². The van der Waals surface area contributed by atoms with Crippen molar-refractivity contribution < 1.29 is 20.1 Å². The number of hydrogen-bond acceptors (Lipinski definition) is 2. The monoisotopic (exact) mass is 695 g/mol. The van der Waals surface area contributed by atoms with Gasteiger partial charge in [0, 0.05) is 32.5 Å². The number of hydrogen-bond donors (Lipinski definition) is 0. The molecule has 4 aromatic carbocycles. The van der Waals surface area contributed by atoms with E-state index in [1.54, 1.807) is 0 Å². The van der Waals surface area contributed by atoms with Crippen molar-refractivity contribution >= 4 is 0 Å². The molecular formula is C37H30IrN2-2. The molecule has 0 saturated carbocycles. The van der Waals surface area contributed by atoms with Gasteiger partial charge in [-0.05, 0) is 65.0 Å². The number of pyridine rings is 2. The summed E-state index contributed by atoms with van der Waals surface area (Å²) in [5, 5.41) is 0. The molecule has 2 nitrogen and oxygen atoms in total. The summed E-state index contributed by atoms with van der Waals surface area (Å²) in [6.45, 7) is 4.21. The van der Waals surface area contributed by atoms with E-state index >= 15 is 0 Å². The van der Waals surface area contributed by atoms with Crippen LogP contribution >= 0.6 is 0 Å². The quantitative estimate of drug-likeness (QED) is 0.169. The Kier molecular flexibility index (Phi) is 10.3. The summed E-state index contributed by atoms with van der Waals surface area (Å²) < 4.78 is 0. The minimum atomic E-state index is 0. The smallest absolute Gasteiger partial charge is 0.0196 e. The molecule has 2 aromatic heterocycles. The third-order valence-electron chi connectivity index (χ3n) is 6.61. The minimum Gasteiger partial charge on any atom is -0.304 e. The summed E-state index contributed by atoms with van der Waals surface area (Å²) in [5.41, 5.74) is 11.5. The van der Waals surface area contributed by atoms with Crippen LogP contribution in [0.2, 0.25) is 0 Å². The molecule has 0 unspecified atom stereocenters. The molecule has 0 aliphatic carbocycles. The molecule has 2 heterocycles. The van der Waals surface area contributed by atoms with Gasteiger partial charge < -0.3 is 9.97 Å². The Bertz CT molecular complexity index is 1620. The van der Waals surface area contributed by atoms with Crippen molar-refractivity contribution in [2.75, 3.05) is 0 Å². The molecule has 0 bridgehead atoms. The van der Waals surface area contributed by atoms with Gasteiger partial charge in [0.25, 0.3) is 0 Å².